The summed E-state index contributed by atoms with van der Waals surface area (Å²) in [6, 6.07) is 23.2. The number of carbonyl (C=O) groups excluding carboxylic acids is 2. The lowest BCUT2D eigenvalue weighted by Gasteiger charge is -2.33. The highest BCUT2D eigenvalue weighted by Crippen LogP contribution is 2.25. The minimum absolute atomic E-state index is 0.0552. The van der Waals surface area contributed by atoms with Crippen LogP contribution >= 0.6 is 35.0 Å². The van der Waals surface area contributed by atoms with Gasteiger partial charge in [0.1, 0.15) is 6.04 Å². The molecule has 1 atom stereocenters. The molecule has 1 aliphatic rings. The molecule has 0 spiro atoms. The van der Waals surface area contributed by atoms with Crippen molar-refractivity contribution >= 4 is 46.8 Å². The molecule has 1 fully saturated rings. The van der Waals surface area contributed by atoms with Crippen LogP contribution in [0.5, 0.6) is 0 Å². The fourth-order valence-corrected chi connectivity index (χ4v) is 6.14. The first-order chi connectivity index (χ1) is 18.9. The summed E-state index contributed by atoms with van der Waals surface area (Å²) >= 11 is 13.8. The van der Waals surface area contributed by atoms with Crippen molar-refractivity contribution in [1.82, 2.24) is 10.2 Å². The smallest absolute Gasteiger partial charge is 0.243 e. The number of hydrogen-bond donors (Lipinski definition) is 1. The first-order valence-electron chi connectivity index (χ1n) is 13.6. The normalized spacial score (nSPS) is 14.5. The lowest BCUT2D eigenvalue weighted by molar-refractivity contribution is -0.139. The zero-order valence-electron chi connectivity index (χ0n) is 22.4. The summed E-state index contributed by atoms with van der Waals surface area (Å²) in [6.07, 6.45) is 5.93. The predicted octanol–water partition coefficient (Wildman–Crippen LogP) is 7.62. The van der Waals surface area contributed by atoms with E-state index in [1.54, 1.807) is 11.0 Å². The van der Waals surface area contributed by atoms with E-state index < -0.39 is 6.04 Å². The fraction of sp³-hybridized carbons (Fsp3) is 0.375. The van der Waals surface area contributed by atoms with Crippen molar-refractivity contribution in [1.29, 1.82) is 0 Å². The van der Waals surface area contributed by atoms with Gasteiger partial charge in [0.25, 0.3) is 0 Å². The molecule has 0 heterocycles. The summed E-state index contributed by atoms with van der Waals surface area (Å²) in [5, 5.41) is 4.31. The molecule has 0 unspecified atom stereocenters. The van der Waals surface area contributed by atoms with Crippen LogP contribution in [0.15, 0.2) is 72.8 Å². The topological polar surface area (TPSA) is 49.4 Å². The van der Waals surface area contributed by atoms with Gasteiger partial charge >= 0.3 is 0 Å². The standard InChI is InChI=1S/C32H36Cl2N2O2S/c1-23-12-14-25(15-13-23)20-36(31(37)22-39-21-26-16-17-28(33)29(34)18-26)30(19-24-8-4-2-5-9-24)32(38)35-27-10-6-3-7-11-27/h2,4-5,8-9,12-18,27,30H,3,6-7,10-11,19-22H2,1H3,(H,35,38)/t30-/m0/s1. The Labute approximate surface area is 246 Å². The first kappa shape index (κ1) is 29.5. The van der Waals surface area contributed by atoms with Crippen molar-refractivity contribution in [2.24, 2.45) is 0 Å². The molecule has 1 N–H and O–H groups in total. The molecular formula is C32H36Cl2N2O2S. The van der Waals surface area contributed by atoms with Crippen molar-refractivity contribution in [2.75, 3.05) is 5.75 Å². The van der Waals surface area contributed by atoms with Crippen LogP contribution in [0.4, 0.5) is 0 Å². The molecule has 7 heteroatoms. The van der Waals surface area contributed by atoms with E-state index >= 15 is 0 Å². The van der Waals surface area contributed by atoms with Crippen molar-refractivity contribution in [2.45, 2.75) is 69.8 Å². The van der Waals surface area contributed by atoms with Crippen molar-refractivity contribution in [3.8, 4) is 0 Å². The SMILES string of the molecule is Cc1ccc(CN(C(=O)CSCc2ccc(Cl)c(Cl)c2)[C@@H](Cc2ccccc2)C(=O)NC2CCCCC2)cc1. The Morgan fingerprint density at radius 1 is 0.897 bits per heavy atom. The average molecular weight is 584 g/mol. The van der Waals surface area contributed by atoms with E-state index in [1.807, 2.05) is 73.7 Å². The third-order valence-corrected chi connectivity index (χ3v) is 8.90. The molecule has 4 rings (SSSR count). The summed E-state index contributed by atoms with van der Waals surface area (Å²) < 4.78 is 0. The van der Waals surface area contributed by atoms with E-state index in [0.717, 1.165) is 47.9 Å². The van der Waals surface area contributed by atoms with Gasteiger partial charge in [0.05, 0.1) is 15.8 Å². The Morgan fingerprint density at radius 3 is 2.28 bits per heavy atom. The zero-order valence-corrected chi connectivity index (χ0v) is 24.7. The average Bonchev–Trinajstić information content (AvgIpc) is 2.94. The van der Waals surface area contributed by atoms with Gasteiger partial charge in [0, 0.05) is 24.8 Å². The number of amides is 2. The molecule has 0 bridgehead atoms. The molecule has 4 nitrogen and oxygen atoms in total. The zero-order chi connectivity index (χ0) is 27.6. The Balaban J connectivity index is 1.55. The summed E-state index contributed by atoms with van der Waals surface area (Å²) in [4.78, 5) is 29.4. The highest BCUT2D eigenvalue weighted by atomic mass is 35.5. The number of hydrogen-bond acceptors (Lipinski definition) is 3. The lowest BCUT2D eigenvalue weighted by atomic mass is 9.94. The lowest BCUT2D eigenvalue weighted by Crippen LogP contribution is -2.53. The molecule has 1 saturated carbocycles. The van der Waals surface area contributed by atoms with Crippen molar-refractivity contribution in [3.63, 3.8) is 0 Å². The molecule has 3 aromatic rings. The van der Waals surface area contributed by atoms with Crippen LogP contribution in [0.25, 0.3) is 0 Å². The highest BCUT2D eigenvalue weighted by Gasteiger charge is 2.31. The second kappa shape index (κ2) is 14.8. The summed E-state index contributed by atoms with van der Waals surface area (Å²) in [6.45, 7) is 2.42. The second-order valence-electron chi connectivity index (χ2n) is 10.3. The summed E-state index contributed by atoms with van der Waals surface area (Å²) in [7, 11) is 0. The quantitative estimate of drug-likeness (QED) is 0.253. The number of thioether (sulfide) groups is 1. The molecule has 0 radical (unpaired) electrons. The minimum Gasteiger partial charge on any atom is -0.352 e. The number of nitrogens with one attached hydrogen (secondary N) is 1. The molecule has 0 saturated heterocycles. The first-order valence-corrected chi connectivity index (χ1v) is 15.5. The van der Waals surface area contributed by atoms with Crippen LogP contribution in [0.3, 0.4) is 0 Å². The van der Waals surface area contributed by atoms with Crippen LogP contribution < -0.4 is 5.32 Å². The van der Waals surface area contributed by atoms with Gasteiger partial charge < -0.3 is 10.2 Å². The number of halogens is 2. The number of benzene rings is 3. The maximum atomic E-state index is 13.8. The number of carbonyl (C=O) groups is 2. The number of rotatable bonds is 11. The van der Waals surface area contributed by atoms with Crippen LogP contribution in [-0.4, -0.2) is 34.6 Å². The van der Waals surface area contributed by atoms with Gasteiger partial charge in [-0.3, -0.25) is 9.59 Å². The highest BCUT2D eigenvalue weighted by molar-refractivity contribution is 7.99. The van der Waals surface area contributed by atoms with Crippen LogP contribution in [0, 0.1) is 6.92 Å². The third-order valence-electron chi connectivity index (χ3n) is 7.17. The van der Waals surface area contributed by atoms with E-state index in [1.165, 1.54) is 18.2 Å². The third kappa shape index (κ3) is 9.02. The molecule has 0 aromatic heterocycles. The summed E-state index contributed by atoms with van der Waals surface area (Å²) in [5.74, 6) is 0.758. The van der Waals surface area contributed by atoms with Crippen LogP contribution in [-0.2, 0) is 28.3 Å². The van der Waals surface area contributed by atoms with E-state index in [0.29, 0.717) is 28.8 Å². The molecule has 1 aliphatic carbocycles. The Hall–Kier alpha value is -2.47. The Morgan fingerprint density at radius 2 is 1.59 bits per heavy atom. The van der Waals surface area contributed by atoms with Gasteiger partial charge in [0.2, 0.25) is 11.8 Å². The van der Waals surface area contributed by atoms with Gasteiger partial charge in [-0.2, -0.15) is 0 Å². The van der Waals surface area contributed by atoms with Gasteiger partial charge in [-0.25, -0.2) is 0 Å². The minimum atomic E-state index is -0.603. The van der Waals surface area contributed by atoms with Gasteiger partial charge in [0.15, 0.2) is 0 Å². The van der Waals surface area contributed by atoms with E-state index in [2.05, 4.69) is 5.32 Å². The second-order valence-corrected chi connectivity index (χ2v) is 12.1. The molecule has 206 valence electrons. The van der Waals surface area contributed by atoms with E-state index in [9.17, 15) is 9.59 Å². The maximum absolute atomic E-state index is 13.8. The molecule has 2 amide bonds. The predicted molar refractivity (Wildman–Crippen MR) is 163 cm³/mol. The fourth-order valence-electron chi connectivity index (χ4n) is 4.96. The van der Waals surface area contributed by atoms with E-state index in [4.69, 9.17) is 23.2 Å². The largest absolute Gasteiger partial charge is 0.352 e. The Kier molecular flexibility index (Phi) is 11.2. The monoisotopic (exact) mass is 582 g/mol. The summed E-state index contributed by atoms with van der Waals surface area (Å²) in [5.41, 5.74) is 4.20. The van der Waals surface area contributed by atoms with Crippen LogP contribution in [0.2, 0.25) is 10.0 Å². The Bertz CT molecular complexity index is 1230. The maximum Gasteiger partial charge on any atom is 0.243 e. The van der Waals surface area contributed by atoms with Gasteiger partial charge in [-0.1, -0.05) is 109 Å². The van der Waals surface area contributed by atoms with Gasteiger partial charge in [-0.15, -0.1) is 11.8 Å². The molecule has 39 heavy (non-hydrogen) atoms. The van der Waals surface area contributed by atoms with Crippen molar-refractivity contribution < 1.29 is 9.59 Å². The molecule has 0 aliphatic heterocycles. The molecular weight excluding hydrogens is 547 g/mol. The number of nitrogens with zero attached hydrogens (tertiary/aromatic N) is 1. The number of aryl methyl sites for hydroxylation is 1. The van der Waals surface area contributed by atoms with Crippen LogP contribution in [0.1, 0.15) is 54.4 Å². The van der Waals surface area contributed by atoms with Crippen molar-refractivity contribution in [3.05, 3.63) is 105 Å². The molecule has 3 aromatic carbocycles. The van der Waals surface area contributed by atoms with E-state index in [-0.39, 0.29) is 23.6 Å². The van der Waals surface area contributed by atoms with Gasteiger partial charge in [-0.05, 0) is 48.6 Å².